The molecule has 2 amide bonds. The summed E-state index contributed by atoms with van der Waals surface area (Å²) in [6, 6.07) is 15.6. The smallest absolute Gasteiger partial charge is 0.251 e. The molecule has 300 valence electrons. The van der Waals surface area contributed by atoms with E-state index in [1.807, 2.05) is 0 Å². The number of rotatable bonds is 20. The molecular formula is C47H49ClF2N6O2. The van der Waals surface area contributed by atoms with Crippen LogP contribution in [-0.4, -0.2) is 40.6 Å². The molecule has 3 aromatic carbocycles. The average molecular weight is 803 g/mol. The Hall–Kier alpha value is -6.00. The number of nitrogens with zero attached hydrogens (tertiary/aromatic N) is 3. The van der Waals surface area contributed by atoms with Crippen molar-refractivity contribution in [3.63, 3.8) is 0 Å². The van der Waals surface area contributed by atoms with E-state index in [-0.39, 0.29) is 35.6 Å². The second kappa shape index (κ2) is 23.3. The van der Waals surface area contributed by atoms with Crippen molar-refractivity contribution in [1.29, 1.82) is 0 Å². The number of amides is 2. The molecule has 58 heavy (non-hydrogen) atoms. The Morgan fingerprint density at radius 2 is 1.41 bits per heavy atom. The van der Waals surface area contributed by atoms with Gasteiger partial charge in [-0.2, -0.15) is 0 Å². The van der Waals surface area contributed by atoms with Gasteiger partial charge in [0.1, 0.15) is 11.6 Å². The maximum atomic E-state index is 14.9. The highest BCUT2D eigenvalue weighted by Gasteiger charge is 2.25. The van der Waals surface area contributed by atoms with Gasteiger partial charge in [0.2, 0.25) is 11.9 Å². The molecule has 0 fully saturated rings. The first-order valence-electron chi connectivity index (χ1n) is 19.7. The minimum atomic E-state index is -0.729. The van der Waals surface area contributed by atoms with Gasteiger partial charge in [-0.3, -0.25) is 14.6 Å². The van der Waals surface area contributed by atoms with Crippen molar-refractivity contribution in [2.75, 3.05) is 18.4 Å². The second-order valence-electron chi connectivity index (χ2n) is 13.4. The van der Waals surface area contributed by atoms with Gasteiger partial charge in [-0.15, -0.1) is 0 Å². The van der Waals surface area contributed by atoms with E-state index in [1.54, 1.807) is 48.7 Å². The summed E-state index contributed by atoms with van der Waals surface area (Å²) in [5.41, 5.74) is 3.28. The van der Waals surface area contributed by atoms with E-state index >= 15 is 0 Å². The zero-order chi connectivity index (χ0) is 41.0. The standard InChI is InChI=1S/C47H49ClF2N6O2/c1-2-3-4-5-6-7-8-9-10-11-12-13-14-15-16-17-18-22-42(57)51-29-30-52-46(58)34-23-26-37(27-24-34)55-47-54-33-35-32-53-45(43-40(49)20-19-21-41(43)50)39-31-36(48)25-28-38(39)44(35)56-47/h3-4,6-7,9-10,12-13,15-16,19-21,23-28,31,33H,2,5,8,11,14,17-18,22,29-30,32H2,1H3,(H,51,57)(H,52,58)(H,54,55,56). The monoisotopic (exact) mass is 802 g/mol. The number of nitrogens with one attached hydrogen (secondary N) is 3. The number of halogens is 3. The zero-order valence-corrected chi connectivity index (χ0v) is 33.5. The third-order valence-corrected chi connectivity index (χ3v) is 9.27. The minimum absolute atomic E-state index is 0.0451. The van der Waals surface area contributed by atoms with Gasteiger partial charge in [0, 0.05) is 58.7 Å². The number of unbranched alkanes of at least 4 members (excludes halogenated alkanes) is 1. The van der Waals surface area contributed by atoms with Gasteiger partial charge in [-0.25, -0.2) is 18.7 Å². The molecule has 3 N–H and O–H groups in total. The highest BCUT2D eigenvalue weighted by molar-refractivity contribution is 6.31. The normalized spacial score (nSPS) is 12.7. The predicted octanol–water partition coefficient (Wildman–Crippen LogP) is 10.9. The largest absolute Gasteiger partial charge is 0.354 e. The molecule has 1 aromatic heterocycles. The maximum Gasteiger partial charge on any atom is 0.251 e. The highest BCUT2D eigenvalue weighted by Crippen LogP contribution is 2.34. The number of benzene rings is 3. The van der Waals surface area contributed by atoms with Crippen LogP contribution in [0.2, 0.25) is 5.02 Å². The van der Waals surface area contributed by atoms with Crippen molar-refractivity contribution in [3.05, 3.63) is 167 Å². The Kier molecular flexibility index (Phi) is 17.3. The molecule has 11 heteroatoms. The molecule has 8 nitrogen and oxygen atoms in total. The van der Waals surface area contributed by atoms with Gasteiger partial charge in [0.15, 0.2) is 0 Å². The van der Waals surface area contributed by atoms with Crippen molar-refractivity contribution in [3.8, 4) is 11.3 Å². The summed E-state index contributed by atoms with van der Waals surface area (Å²) in [6.07, 6.45) is 30.1. The molecule has 0 radical (unpaired) electrons. The zero-order valence-electron chi connectivity index (χ0n) is 32.7. The molecule has 0 saturated heterocycles. The van der Waals surface area contributed by atoms with Crippen LogP contribution in [0, 0.1) is 11.6 Å². The first kappa shape index (κ1) is 43.1. The number of hydrogen-bond acceptors (Lipinski definition) is 6. The molecule has 2 heterocycles. The van der Waals surface area contributed by atoms with Crippen molar-refractivity contribution in [2.24, 2.45) is 4.99 Å². The summed E-state index contributed by atoms with van der Waals surface area (Å²) in [7, 11) is 0. The Balaban J connectivity index is 1.01. The van der Waals surface area contributed by atoms with Gasteiger partial charge in [0.25, 0.3) is 5.91 Å². The SMILES string of the molecule is CCC=CCC=CCC=CCC=CCC=CCCCC(=O)NCCNC(=O)c1ccc(Nc2ncc3c(n2)-c2ccc(Cl)cc2C(c2c(F)cccc2F)=NC3)cc1. The van der Waals surface area contributed by atoms with E-state index in [9.17, 15) is 18.4 Å². The van der Waals surface area contributed by atoms with Crippen LogP contribution in [-0.2, 0) is 11.3 Å². The third-order valence-electron chi connectivity index (χ3n) is 9.03. The molecule has 1 aliphatic rings. The van der Waals surface area contributed by atoms with Crippen molar-refractivity contribution in [2.45, 2.75) is 64.8 Å². The minimum Gasteiger partial charge on any atom is -0.354 e. The van der Waals surface area contributed by atoms with Gasteiger partial charge in [-0.1, -0.05) is 91.4 Å². The number of allylic oxidation sites excluding steroid dienone is 10. The molecule has 0 unspecified atom stereocenters. The lowest BCUT2D eigenvalue weighted by Gasteiger charge is -2.13. The van der Waals surface area contributed by atoms with Crippen molar-refractivity contribution in [1.82, 2.24) is 20.6 Å². The number of fused-ring (bicyclic) bond motifs is 3. The number of hydrogen-bond donors (Lipinski definition) is 3. The number of anilines is 2. The molecule has 0 aliphatic carbocycles. The van der Waals surface area contributed by atoms with Crippen LogP contribution in [0.1, 0.15) is 85.3 Å². The van der Waals surface area contributed by atoms with E-state index in [0.717, 1.165) is 44.9 Å². The van der Waals surface area contributed by atoms with Crippen molar-refractivity contribution >= 4 is 40.8 Å². The lowest BCUT2D eigenvalue weighted by Crippen LogP contribution is -2.34. The van der Waals surface area contributed by atoms with Gasteiger partial charge in [0.05, 0.1) is 23.5 Å². The number of carbonyl (C=O) groups excluding carboxylic acids is 2. The van der Waals surface area contributed by atoms with Gasteiger partial charge >= 0.3 is 0 Å². The molecule has 1 aliphatic heterocycles. The van der Waals surface area contributed by atoms with E-state index in [1.165, 1.54) is 18.2 Å². The lowest BCUT2D eigenvalue weighted by molar-refractivity contribution is -0.121. The number of carbonyl (C=O) groups is 2. The first-order valence-corrected chi connectivity index (χ1v) is 20.0. The van der Waals surface area contributed by atoms with Crippen LogP contribution in [0.3, 0.4) is 0 Å². The number of aromatic nitrogens is 2. The first-order chi connectivity index (χ1) is 28.3. The molecular weight excluding hydrogens is 754 g/mol. The topological polar surface area (TPSA) is 108 Å². The summed E-state index contributed by atoms with van der Waals surface area (Å²) in [6.45, 7) is 2.87. The maximum absolute atomic E-state index is 14.9. The highest BCUT2D eigenvalue weighted by atomic mass is 35.5. The summed E-state index contributed by atoms with van der Waals surface area (Å²) in [5.74, 6) is -1.49. The predicted molar refractivity (Wildman–Crippen MR) is 232 cm³/mol. The van der Waals surface area contributed by atoms with E-state index in [2.05, 4.69) is 93.6 Å². The quantitative estimate of drug-likeness (QED) is 0.0609. The fraction of sp³-hybridized carbons (Fsp3) is 0.255. The fourth-order valence-corrected chi connectivity index (χ4v) is 6.25. The Bertz CT molecular complexity index is 2170. The van der Waals surface area contributed by atoms with E-state index in [0.29, 0.717) is 58.2 Å². The lowest BCUT2D eigenvalue weighted by atomic mass is 9.95. The van der Waals surface area contributed by atoms with E-state index in [4.69, 9.17) is 16.6 Å². The van der Waals surface area contributed by atoms with Crippen LogP contribution >= 0.6 is 11.6 Å². The summed E-state index contributed by atoms with van der Waals surface area (Å²) < 4.78 is 29.8. The van der Waals surface area contributed by atoms with Gasteiger partial charge in [-0.05, 0) is 93.5 Å². The molecule has 4 aromatic rings. The van der Waals surface area contributed by atoms with Crippen molar-refractivity contribution < 1.29 is 18.4 Å². The van der Waals surface area contributed by atoms with Crippen LogP contribution < -0.4 is 16.0 Å². The molecule has 0 spiro atoms. The Morgan fingerprint density at radius 1 is 0.776 bits per heavy atom. The average Bonchev–Trinajstić information content (AvgIpc) is 3.37. The van der Waals surface area contributed by atoms with Gasteiger partial charge < -0.3 is 16.0 Å². The summed E-state index contributed by atoms with van der Waals surface area (Å²) in [4.78, 5) is 38.8. The summed E-state index contributed by atoms with van der Waals surface area (Å²) in [5, 5.41) is 9.24. The second-order valence-corrected chi connectivity index (χ2v) is 13.9. The van der Waals surface area contributed by atoms with E-state index < -0.39 is 11.6 Å². The van der Waals surface area contributed by atoms with Crippen LogP contribution in [0.25, 0.3) is 11.3 Å². The molecule has 0 saturated carbocycles. The third kappa shape index (κ3) is 13.3. The molecule has 5 rings (SSSR count). The Morgan fingerprint density at radius 3 is 2.09 bits per heavy atom. The summed E-state index contributed by atoms with van der Waals surface area (Å²) >= 11 is 6.33. The van der Waals surface area contributed by atoms with Crippen LogP contribution in [0.15, 0.2) is 133 Å². The number of aliphatic imine (C=N–C) groups is 1. The Labute approximate surface area is 344 Å². The van der Waals surface area contributed by atoms with Crippen LogP contribution in [0.5, 0.6) is 0 Å². The fourth-order valence-electron chi connectivity index (χ4n) is 6.07. The molecule has 0 atom stereocenters. The van der Waals surface area contributed by atoms with Crippen LogP contribution in [0.4, 0.5) is 20.4 Å². The molecule has 0 bridgehead atoms.